The van der Waals surface area contributed by atoms with Crippen molar-refractivity contribution >= 4 is 17.1 Å². The van der Waals surface area contributed by atoms with E-state index in [-0.39, 0.29) is 17.5 Å². The minimum atomic E-state index is -1.34. The van der Waals surface area contributed by atoms with E-state index in [1.54, 1.807) is 0 Å². The van der Waals surface area contributed by atoms with Crippen LogP contribution in [-0.2, 0) is 4.74 Å². The second-order valence-electron chi connectivity index (χ2n) is 4.65. The minimum Gasteiger partial charge on any atom is -0.479 e. The molecule has 5 N–H and O–H groups in total. The lowest BCUT2D eigenvalue weighted by atomic mass is 10.1. The van der Waals surface area contributed by atoms with Crippen molar-refractivity contribution in [2.45, 2.75) is 24.6 Å². The predicted molar refractivity (Wildman–Crippen MR) is 70.6 cm³/mol. The van der Waals surface area contributed by atoms with Gasteiger partial charge in [0, 0.05) is 0 Å². The second-order valence-corrected chi connectivity index (χ2v) is 4.65. The van der Waals surface area contributed by atoms with E-state index in [9.17, 15) is 10.2 Å². The van der Waals surface area contributed by atoms with Gasteiger partial charge in [0.25, 0.3) is 6.29 Å². The maximum absolute atomic E-state index is 9.86. The summed E-state index contributed by atoms with van der Waals surface area (Å²) < 4.78 is 11.4. The van der Waals surface area contributed by atoms with Gasteiger partial charge >= 0.3 is 0 Å². The molecule has 1 saturated heterocycles. The third kappa shape index (κ3) is 2.29. The van der Waals surface area contributed by atoms with Crippen LogP contribution in [0.15, 0.2) is 6.33 Å². The van der Waals surface area contributed by atoms with Gasteiger partial charge in [0.2, 0.25) is 17.5 Å². The number of ether oxygens (including phenoxy) is 2. The Labute approximate surface area is 123 Å². The van der Waals surface area contributed by atoms with Crippen LogP contribution in [0, 0.1) is 0 Å². The van der Waals surface area contributed by atoms with E-state index in [4.69, 9.17) is 25.2 Å². The fourth-order valence-electron chi connectivity index (χ4n) is 2.15. The minimum absolute atomic E-state index is 0.0455. The first-order valence-electron chi connectivity index (χ1n) is 6.39. The molecule has 0 bridgehead atoms. The number of aliphatic hydroxyl groups excluding tert-OH is 3. The third-order valence-electron chi connectivity index (χ3n) is 3.26. The lowest BCUT2D eigenvalue weighted by Gasteiger charge is -2.16. The fourth-order valence-corrected chi connectivity index (χ4v) is 2.15. The zero-order valence-electron chi connectivity index (χ0n) is 11.5. The van der Waals surface area contributed by atoms with Gasteiger partial charge in [-0.15, -0.1) is 4.73 Å². The van der Waals surface area contributed by atoms with Gasteiger partial charge in [-0.05, 0) is 0 Å². The van der Waals surface area contributed by atoms with Crippen molar-refractivity contribution in [3.63, 3.8) is 0 Å². The lowest BCUT2D eigenvalue weighted by molar-refractivity contribution is -0.169. The van der Waals surface area contributed by atoms with Gasteiger partial charge in [-0.2, -0.15) is 9.97 Å². The Morgan fingerprint density at radius 3 is 2.77 bits per heavy atom. The van der Waals surface area contributed by atoms with Crippen molar-refractivity contribution in [1.82, 2.24) is 19.7 Å². The molecule has 1 fully saturated rings. The summed E-state index contributed by atoms with van der Waals surface area (Å²) in [5, 5.41) is 28.6. The van der Waals surface area contributed by atoms with E-state index in [1.807, 2.05) is 0 Å². The number of nitrogen functional groups attached to an aromatic ring is 1. The number of nitrogens with two attached hydrogens (primary N) is 1. The van der Waals surface area contributed by atoms with E-state index >= 15 is 0 Å². The molecule has 120 valence electrons. The van der Waals surface area contributed by atoms with Gasteiger partial charge in [0.05, 0.1) is 13.7 Å². The van der Waals surface area contributed by atoms with E-state index < -0.39 is 31.2 Å². The number of fused-ring (bicyclic) bond motifs is 1. The normalized spacial score (nSPS) is 28.2. The van der Waals surface area contributed by atoms with Gasteiger partial charge in [-0.25, -0.2) is 4.98 Å². The number of anilines is 1. The molecule has 4 atom stereocenters. The predicted octanol–water partition coefficient (Wildman–Crippen LogP) is -2.72. The summed E-state index contributed by atoms with van der Waals surface area (Å²) in [6.45, 7) is -0.453. The molecular weight excluding hydrogens is 298 g/mol. The van der Waals surface area contributed by atoms with E-state index in [2.05, 4.69) is 15.0 Å². The average Bonchev–Trinajstić information content (AvgIpc) is 3.03. The molecule has 0 spiro atoms. The summed E-state index contributed by atoms with van der Waals surface area (Å²) in [6, 6.07) is 0. The highest BCUT2D eigenvalue weighted by Gasteiger charge is 2.44. The molecule has 2 aromatic heterocycles. The summed E-state index contributed by atoms with van der Waals surface area (Å²) >= 11 is 0. The number of imidazole rings is 1. The van der Waals surface area contributed by atoms with E-state index in [0.29, 0.717) is 5.52 Å². The molecule has 1 aliphatic rings. The number of aliphatic hydroxyl groups is 3. The molecule has 11 heteroatoms. The largest absolute Gasteiger partial charge is 0.479 e. The van der Waals surface area contributed by atoms with Crippen LogP contribution in [0.3, 0.4) is 0 Å². The van der Waals surface area contributed by atoms with Crippen molar-refractivity contribution in [2.75, 3.05) is 19.5 Å². The number of hydrogen-bond donors (Lipinski definition) is 4. The van der Waals surface area contributed by atoms with Gasteiger partial charge in [-0.1, -0.05) is 0 Å². The molecule has 2 aromatic rings. The third-order valence-corrected chi connectivity index (χ3v) is 3.26. The van der Waals surface area contributed by atoms with Crippen LogP contribution < -0.4 is 15.3 Å². The molecular formula is C11H15N5O6. The quantitative estimate of drug-likeness (QED) is 0.467. The summed E-state index contributed by atoms with van der Waals surface area (Å²) in [5.74, 6) is 0.127. The Morgan fingerprint density at radius 1 is 1.36 bits per heavy atom. The van der Waals surface area contributed by atoms with Crippen molar-refractivity contribution < 1.29 is 29.6 Å². The molecule has 0 radical (unpaired) electrons. The van der Waals surface area contributed by atoms with Crippen LogP contribution in [0.25, 0.3) is 11.2 Å². The Balaban J connectivity index is 1.90. The molecule has 0 saturated carbocycles. The first kappa shape index (κ1) is 14.7. The zero-order chi connectivity index (χ0) is 15.9. The van der Waals surface area contributed by atoms with E-state index in [0.717, 1.165) is 4.73 Å². The Bertz CT molecular complexity index is 678. The van der Waals surface area contributed by atoms with Crippen LogP contribution in [-0.4, -0.2) is 73.3 Å². The molecule has 0 aromatic carbocycles. The van der Waals surface area contributed by atoms with Crippen molar-refractivity contribution in [3.8, 4) is 5.88 Å². The zero-order valence-corrected chi connectivity index (χ0v) is 11.5. The van der Waals surface area contributed by atoms with Crippen molar-refractivity contribution in [3.05, 3.63) is 6.33 Å². The van der Waals surface area contributed by atoms with Gasteiger partial charge in [-0.3, -0.25) is 0 Å². The van der Waals surface area contributed by atoms with E-state index in [1.165, 1.54) is 13.4 Å². The average molecular weight is 313 g/mol. The molecule has 3 rings (SSSR count). The van der Waals surface area contributed by atoms with Gasteiger partial charge < -0.3 is 35.4 Å². The topological polar surface area (TPSA) is 158 Å². The maximum atomic E-state index is 9.86. The van der Waals surface area contributed by atoms with Gasteiger partial charge in [0.1, 0.15) is 24.6 Å². The van der Waals surface area contributed by atoms with Crippen LogP contribution in [0.5, 0.6) is 5.88 Å². The van der Waals surface area contributed by atoms with Gasteiger partial charge in [0.15, 0.2) is 5.52 Å². The highest BCUT2D eigenvalue weighted by atomic mass is 16.8. The van der Waals surface area contributed by atoms with Crippen LogP contribution in [0.1, 0.15) is 0 Å². The number of hydrogen-bond acceptors (Lipinski definition) is 10. The van der Waals surface area contributed by atoms with Crippen LogP contribution >= 0.6 is 0 Å². The molecule has 22 heavy (non-hydrogen) atoms. The first-order valence-corrected chi connectivity index (χ1v) is 6.39. The summed E-state index contributed by atoms with van der Waals surface area (Å²) in [4.78, 5) is 17.3. The first-order chi connectivity index (χ1) is 10.5. The summed E-state index contributed by atoms with van der Waals surface area (Å²) in [6.07, 6.45) is -3.47. The highest BCUT2D eigenvalue weighted by Crippen LogP contribution is 2.24. The summed E-state index contributed by atoms with van der Waals surface area (Å²) in [7, 11) is 1.41. The number of methoxy groups -OCH3 is 1. The Morgan fingerprint density at radius 2 is 2.14 bits per heavy atom. The number of aromatic nitrogens is 4. The lowest BCUT2D eigenvalue weighted by Crippen LogP contribution is -2.38. The van der Waals surface area contributed by atoms with Crippen molar-refractivity contribution in [1.29, 1.82) is 0 Å². The Kier molecular flexibility index (Phi) is 3.70. The second kappa shape index (κ2) is 5.53. The summed E-state index contributed by atoms with van der Waals surface area (Å²) in [5.41, 5.74) is 6.10. The highest BCUT2D eigenvalue weighted by molar-refractivity contribution is 5.77. The smallest absolute Gasteiger partial charge is 0.254 e. The number of rotatable bonds is 4. The standard InChI is InChI=1S/C11H15N5O6/c1-20-9-5-8(14-11(12)15-9)16(3-13-5)22-10-7(19)6(18)4(2-17)21-10/h3-4,6-7,10,17-19H,2H2,1H3,(H2,12,14,15)/t4-,6-,7+,10-/m1/s1. The molecule has 0 unspecified atom stereocenters. The fraction of sp³-hybridized carbons (Fsp3) is 0.545. The van der Waals surface area contributed by atoms with Crippen LogP contribution in [0.4, 0.5) is 5.95 Å². The van der Waals surface area contributed by atoms with Crippen molar-refractivity contribution in [2.24, 2.45) is 0 Å². The Hall–Kier alpha value is -2.21. The molecule has 3 heterocycles. The molecule has 1 aliphatic heterocycles. The van der Waals surface area contributed by atoms with Crippen LogP contribution in [0.2, 0.25) is 0 Å². The molecule has 11 nitrogen and oxygen atoms in total. The molecule has 0 aliphatic carbocycles. The molecule has 0 amide bonds. The monoisotopic (exact) mass is 313 g/mol. The number of nitrogens with zero attached hydrogens (tertiary/aromatic N) is 4. The SMILES string of the molecule is COc1nc(N)nc2c1ncn2O[C@H]1O[C@H](CO)[C@@H](O)[C@@H]1O. The maximum Gasteiger partial charge on any atom is 0.254 e.